The predicted molar refractivity (Wildman–Crippen MR) is 152 cm³/mol. The quantitative estimate of drug-likeness (QED) is 0.373. The summed E-state index contributed by atoms with van der Waals surface area (Å²) in [6.45, 7) is 9.87. The average Bonchev–Trinajstić information content (AvgIpc) is 3.70. The second-order valence-corrected chi connectivity index (χ2v) is 12.2. The molecule has 1 saturated carbocycles. The molecule has 41 heavy (non-hydrogen) atoms. The summed E-state index contributed by atoms with van der Waals surface area (Å²) >= 11 is 0. The lowest BCUT2D eigenvalue weighted by Gasteiger charge is -2.46. The molecule has 2 aromatic carbocycles. The highest BCUT2D eigenvalue weighted by atomic mass is 19.1. The Morgan fingerprint density at radius 3 is 2.44 bits per heavy atom. The number of piperidine rings is 1. The first-order chi connectivity index (χ1) is 19.7. The van der Waals surface area contributed by atoms with Crippen LogP contribution >= 0.6 is 0 Å². The van der Waals surface area contributed by atoms with Crippen molar-refractivity contribution in [2.75, 3.05) is 39.4 Å². The molecule has 0 bridgehead atoms. The van der Waals surface area contributed by atoms with Crippen molar-refractivity contribution in [1.82, 2.24) is 9.80 Å². The number of halogens is 2. The Bertz CT molecular complexity index is 1330. The Hall–Kier alpha value is -3.20. The summed E-state index contributed by atoms with van der Waals surface area (Å²) in [5, 5.41) is 4.45. The van der Waals surface area contributed by atoms with E-state index in [9.17, 15) is 9.18 Å². The van der Waals surface area contributed by atoms with E-state index in [-0.39, 0.29) is 29.0 Å². The molecule has 2 aromatic rings. The first-order valence-corrected chi connectivity index (χ1v) is 14.9. The van der Waals surface area contributed by atoms with E-state index in [0.717, 1.165) is 62.2 Å². The van der Waals surface area contributed by atoms with Crippen molar-refractivity contribution in [3.05, 3.63) is 53.1 Å². The fourth-order valence-electron chi connectivity index (χ4n) is 6.48. The SMILES string of the molecule is CCOC(=O)C1(C)CCN(C2=NOC3(C2)CN(Cc2cc(C4CC4)c(-c4ccc(F)cc4)c(F)c2OCC)C3)CC1. The number of oxime groups is 1. The van der Waals surface area contributed by atoms with Crippen LogP contribution in [0.2, 0.25) is 0 Å². The van der Waals surface area contributed by atoms with Gasteiger partial charge >= 0.3 is 5.97 Å². The maximum absolute atomic E-state index is 16.1. The van der Waals surface area contributed by atoms with Crippen LogP contribution in [-0.2, 0) is 20.9 Å². The fourth-order valence-corrected chi connectivity index (χ4v) is 6.48. The van der Waals surface area contributed by atoms with Gasteiger partial charge in [-0.15, -0.1) is 0 Å². The number of rotatable bonds is 8. The number of nitrogens with zero attached hydrogens (tertiary/aromatic N) is 3. The Morgan fingerprint density at radius 1 is 1.10 bits per heavy atom. The molecule has 3 fully saturated rings. The average molecular weight is 568 g/mol. The minimum Gasteiger partial charge on any atom is -0.490 e. The zero-order valence-corrected chi connectivity index (χ0v) is 24.2. The molecule has 3 heterocycles. The molecule has 0 unspecified atom stereocenters. The molecule has 220 valence electrons. The molecule has 1 aliphatic carbocycles. The molecule has 4 aliphatic rings. The molecular weight excluding hydrogens is 528 g/mol. The van der Waals surface area contributed by atoms with Crippen molar-refractivity contribution < 1.29 is 27.9 Å². The first-order valence-electron chi connectivity index (χ1n) is 14.9. The summed E-state index contributed by atoms with van der Waals surface area (Å²) in [5.74, 6) is 0.707. The molecule has 2 saturated heterocycles. The van der Waals surface area contributed by atoms with Gasteiger partial charge in [0, 0.05) is 43.9 Å². The zero-order valence-electron chi connectivity index (χ0n) is 24.2. The molecule has 1 spiro atoms. The van der Waals surface area contributed by atoms with E-state index in [4.69, 9.17) is 14.3 Å². The van der Waals surface area contributed by atoms with E-state index in [1.165, 1.54) is 12.1 Å². The summed E-state index contributed by atoms with van der Waals surface area (Å²) < 4.78 is 40.9. The number of carbonyl (C=O) groups excluding carboxylic acids is 1. The third-order valence-corrected chi connectivity index (χ3v) is 9.01. The van der Waals surface area contributed by atoms with Crippen LogP contribution in [-0.4, -0.2) is 66.6 Å². The van der Waals surface area contributed by atoms with E-state index in [1.807, 2.05) is 20.8 Å². The smallest absolute Gasteiger partial charge is 0.311 e. The number of likely N-dealkylation sites (tertiary alicyclic amines) is 2. The predicted octanol–water partition coefficient (Wildman–Crippen LogP) is 5.86. The second kappa shape index (κ2) is 10.9. The summed E-state index contributed by atoms with van der Waals surface area (Å²) in [7, 11) is 0. The van der Waals surface area contributed by atoms with Crippen molar-refractivity contribution >= 4 is 11.8 Å². The van der Waals surface area contributed by atoms with Crippen LogP contribution in [0.1, 0.15) is 69.9 Å². The maximum Gasteiger partial charge on any atom is 0.311 e. The van der Waals surface area contributed by atoms with Gasteiger partial charge in [-0.25, -0.2) is 8.78 Å². The van der Waals surface area contributed by atoms with Crippen LogP contribution < -0.4 is 4.74 Å². The van der Waals surface area contributed by atoms with Crippen LogP contribution in [0.25, 0.3) is 11.1 Å². The zero-order chi connectivity index (χ0) is 28.8. The number of benzene rings is 2. The van der Waals surface area contributed by atoms with E-state index < -0.39 is 5.41 Å². The topological polar surface area (TPSA) is 63.6 Å². The Kier molecular flexibility index (Phi) is 7.42. The van der Waals surface area contributed by atoms with Gasteiger partial charge in [-0.05, 0) is 81.7 Å². The molecule has 9 heteroatoms. The normalized spacial score (nSPS) is 21.3. The standard InChI is InChI=1S/C32H39F2N3O4/c1-4-39-29-23(16-25(21-6-7-21)27(28(29)34)22-8-10-24(33)11-9-22)18-36-19-32(20-36)17-26(35-41-32)37-14-12-31(3,13-15-37)30(38)40-5-2/h8-11,16,21H,4-7,12-15,17-20H2,1-3H3. The van der Waals surface area contributed by atoms with Gasteiger partial charge in [0.1, 0.15) is 11.7 Å². The van der Waals surface area contributed by atoms with Gasteiger partial charge in [-0.2, -0.15) is 0 Å². The lowest BCUT2D eigenvalue weighted by molar-refractivity contribution is -0.156. The van der Waals surface area contributed by atoms with Crippen molar-refractivity contribution in [3.63, 3.8) is 0 Å². The number of ether oxygens (including phenoxy) is 2. The molecule has 7 nitrogen and oxygen atoms in total. The van der Waals surface area contributed by atoms with Crippen LogP contribution in [0.4, 0.5) is 8.78 Å². The van der Waals surface area contributed by atoms with Gasteiger partial charge in [0.2, 0.25) is 0 Å². The Balaban J connectivity index is 1.12. The Morgan fingerprint density at radius 2 is 1.80 bits per heavy atom. The summed E-state index contributed by atoms with van der Waals surface area (Å²) in [6, 6.07) is 8.13. The van der Waals surface area contributed by atoms with Gasteiger partial charge in [0.25, 0.3) is 0 Å². The van der Waals surface area contributed by atoms with Crippen LogP contribution in [0.5, 0.6) is 5.75 Å². The summed E-state index contributed by atoms with van der Waals surface area (Å²) in [6.07, 6.45) is 4.23. The van der Waals surface area contributed by atoms with Gasteiger partial charge in [-0.3, -0.25) is 9.69 Å². The van der Waals surface area contributed by atoms with E-state index in [1.54, 1.807) is 12.1 Å². The monoisotopic (exact) mass is 567 g/mol. The number of hydrogen-bond acceptors (Lipinski definition) is 7. The number of carbonyl (C=O) groups is 1. The number of hydrogen-bond donors (Lipinski definition) is 0. The minimum absolute atomic E-state index is 0.117. The fraction of sp³-hybridized carbons (Fsp3) is 0.562. The van der Waals surface area contributed by atoms with Crippen molar-refractivity contribution in [1.29, 1.82) is 0 Å². The van der Waals surface area contributed by atoms with E-state index in [2.05, 4.69) is 21.0 Å². The molecular formula is C32H39F2N3O4. The number of amidine groups is 1. The molecule has 0 aromatic heterocycles. The highest BCUT2D eigenvalue weighted by Crippen LogP contribution is 2.49. The lowest BCUT2D eigenvalue weighted by atomic mass is 9.80. The van der Waals surface area contributed by atoms with E-state index >= 15 is 4.39 Å². The van der Waals surface area contributed by atoms with Gasteiger partial charge in [0.05, 0.1) is 25.0 Å². The maximum atomic E-state index is 16.1. The van der Waals surface area contributed by atoms with Gasteiger partial charge in [-0.1, -0.05) is 17.3 Å². The Labute approximate surface area is 240 Å². The third kappa shape index (κ3) is 5.41. The van der Waals surface area contributed by atoms with Gasteiger partial charge in [0.15, 0.2) is 17.2 Å². The summed E-state index contributed by atoms with van der Waals surface area (Å²) in [4.78, 5) is 22.9. The number of esters is 1. The van der Waals surface area contributed by atoms with Crippen LogP contribution in [0.15, 0.2) is 35.5 Å². The van der Waals surface area contributed by atoms with Gasteiger partial charge < -0.3 is 19.2 Å². The largest absolute Gasteiger partial charge is 0.490 e. The molecule has 6 rings (SSSR count). The molecule has 3 aliphatic heterocycles. The van der Waals surface area contributed by atoms with E-state index in [0.29, 0.717) is 49.9 Å². The van der Waals surface area contributed by atoms with Crippen LogP contribution in [0, 0.1) is 17.0 Å². The summed E-state index contributed by atoms with van der Waals surface area (Å²) in [5.41, 5.74) is 2.19. The van der Waals surface area contributed by atoms with Crippen LogP contribution in [0.3, 0.4) is 0 Å². The van der Waals surface area contributed by atoms with Crippen molar-refractivity contribution in [2.24, 2.45) is 10.6 Å². The van der Waals surface area contributed by atoms with Crippen molar-refractivity contribution in [2.45, 2.75) is 70.9 Å². The highest BCUT2D eigenvalue weighted by molar-refractivity contribution is 5.85. The van der Waals surface area contributed by atoms with Crippen molar-refractivity contribution in [3.8, 4) is 16.9 Å². The molecule has 0 atom stereocenters. The second-order valence-electron chi connectivity index (χ2n) is 12.2. The highest BCUT2D eigenvalue weighted by Gasteiger charge is 2.51. The molecule has 0 N–H and O–H groups in total. The first kappa shape index (κ1) is 27.9. The minimum atomic E-state index is -0.448. The molecule has 0 radical (unpaired) electrons. The molecule has 0 amide bonds. The third-order valence-electron chi connectivity index (χ3n) is 9.01. The lowest BCUT2D eigenvalue weighted by Crippen LogP contribution is -2.61.